The average Bonchev–Trinajstić information content (AvgIpc) is 2.20. The van der Waals surface area contributed by atoms with Gasteiger partial charge in [0.25, 0.3) is 0 Å². The van der Waals surface area contributed by atoms with Gasteiger partial charge in [0.15, 0.2) is 0 Å². The predicted molar refractivity (Wildman–Crippen MR) is 67.7 cm³/mol. The third-order valence-corrected chi connectivity index (χ3v) is 2.01. The standard InChI is InChI=1S/C6H4Cl2.C4H8O3.Na.H/c7-5-3-1-2-4-6(5)8;1-2-7-3-4(5)6;;/h1-4H;2-3H2,1H3,(H,5,6);;. The topological polar surface area (TPSA) is 46.5 Å². The van der Waals surface area contributed by atoms with Crippen molar-refractivity contribution >= 4 is 58.7 Å². The molecule has 0 aliphatic heterocycles. The summed E-state index contributed by atoms with van der Waals surface area (Å²) in [6, 6.07) is 7.19. The Hall–Kier alpha value is 0.230. The number of hydrogen-bond acceptors (Lipinski definition) is 2. The molecule has 1 N–H and O–H groups in total. The van der Waals surface area contributed by atoms with Gasteiger partial charge in [0.05, 0.1) is 10.0 Å². The summed E-state index contributed by atoms with van der Waals surface area (Å²) in [5, 5.41) is 9.13. The monoisotopic (exact) mass is 274 g/mol. The first-order valence-electron chi connectivity index (χ1n) is 4.27. The first-order valence-corrected chi connectivity index (χ1v) is 5.03. The summed E-state index contributed by atoms with van der Waals surface area (Å²) in [6.45, 7) is 2.03. The number of hydrogen-bond donors (Lipinski definition) is 1. The van der Waals surface area contributed by atoms with Crippen LogP contribution in [0.5, 0.6) is 0 Å². The van der Waals surface area contributed by atoms with Crippen molar-refractivity contribution in [1.29, 1.82) is 0 Å². The van der Waals surface area contributed by atoms with Crippen LogP contribution in [0.1, 0.15) is 6.92 Å². The van der Waals surface area contributed by atoms with Crippen LogP contribution in [0.4, 0.5) is 0 Å². The minimum atomic E-state index is -0.915. The fourth-order valence-corrected chi connectivity index (χ4v) is 0.900. The minimum absolute atomic E-state index is 0. The molecule has 86 valence electrons. The van der Waals surface area contributed by atoms with E-state index in [2.05, 4.69) is 4.74 Å². The van der Waals surface area contributed by atoms with Gasteiger partial charge in [-0.15, -0.1) is 0 Å². The van der Waals surface area contributed by atoms with E-state index in [4.69, 9.17) is 28.3 Å². The number of ether oxygens (including phenoxy) is 1. The van der Waals surface area contributed by atoms with Crippen molar-refractivity contribution in [1.82, 2.24) is 0 Å². The molecule has 3 nitrogen and oxygen atoms in total. The van der Waals surface area contributed by atoms with Crippen LogP contribution in [-0.2, 0) is 9.53 Å². The molecular formula is C10H13Cl2NaO3. The van der Waals surface area contributed by atoms with E-state index in [1.807, 2.05) is 12.1 Å². The van der Waals surface area contributed by atoms with Gasteiger partial charge in [-0.25, -0.2) is 4.79 Å². The zero-order valence-corrected chi connectivity index (χ0v) is 9.76. The second-order valence-electron chi connectivity index (χ2n) is 2.44. The fourth-order valence-electron chi connectivity index (χ4n) is 0.629. The zero-order chi connectivity index (χ0) is 11.7. The Bertz CT molecular complexity index is 287. The number of carboxylic acids is 1. The van der Waals surface area contributed by atoms with Gasteiger partial charge in [0, 0.05) is 6.61 Å². The van der Waals surface area contributed by atoms with Crippen LogP contribution in [0.25, 0.3) is 0 Å². The van der Waals surface area contributed by atoms with E-state index in [0.29, 0.717) is 16.7 Å². The normalized spacial score (nSPS) is 8.44. The Morgan fingerprint density at radius 2 is 1.75 bits per heavy atom. The summed E-state index contributed by atoms with van der Waals surface area (Å²) in [4.78, 5) is 9.63. The summed E-state index contributed by atoms with van der Waals surface area (Å²) >= 11 is 11.2. The molecule has 0 heterocycles. The molecule has 0 unspecified atom stereocenters. The van der Waals surface area contributed by atoms with Crippen LogP contribution in [0.15, 0.2) is 24.3 Å². The van der Waals surface area contributed by atoms with E-state index in [1.54, 1.807) is 19.1 Å². The van der Waals surface area contributed by atoms with Crippen LogP contribution in [0.2, 0.25) is 10.0 Å². The molecule has 0 aliphatic rings. The predicted octanol–water partition coefficient (Wildman–Crippen LogP) is 2.45. The third-order valence-electron chi connectivity index (χ3n) is 1.25. The van der Waals surface area contributed by atoms with E-state index in [1.165, 1.54) is 0 Å². The SMILES string of the molecule is CCOCC(=O)O.Clc1ccccc1Cl.[NaH]. The van der Waals surface area contributed by atoms with Gasteiger partial charge in [-0.2, -0.15) is 0 Å². The number of benzene rings is 1. The molecule has 0 saturated carbocycles. The van der Waals surface area contributed by atoms with Gasteiger partial charge in [-0.05, 0) is 19.1 Å². The quantitative estimate of drug-likeness (QED) is 0.862. The maximum atomic E-state index is 9.63. The van der Waals surface area contributed by atoms with Gasteiger partial charge in [0.2, 0.25) is 0 Å². The molecule has 0 radical (unpaired) electrons. The van der Waals surface area contributed by atoms with E-state index < -0.39 is 5.97 Å². The van der Waals surface area contributed by atoms with Crippen molar-refractivity contribution < 1.29 is 14.6 Å². The van der Waals surface area contributed by atoms with Crippen LogP contribution in [0.3, 0.4) is 0 Å². The molecule has 1 aromatic carbocycles. The summed E-state index contributed by atoms with van der Waals surface area (Å²) in [5.41, 5.74) is 0. The molecule has 0 aromatic heterocycles. The number of carbonyl (C=O) groups is 1. The van der Waals surface area contributed by atoms with Crippen molar-refractivity contribution in [3.8, 4) is 0 Å². The van der Waals surface area contributed by atoms with E-state index in [-0.39, 0.29) is 36.2 Å². The molecule has 0 amide bonds. The molecule has 0 fully saturated rings. The van der Waals surface area contributed by atoms with E-state index in [9.17, 15) is 4.79 Å². The van der Waals surface area contributed by atoms with Crippen LogP contribution < -0.4 is 0 Å². The molecule has 1 aromatic rings. The number of aliphatic carboxylic acids is 1. The molecule has 0 aliphatic carbocycles. The Morgan fingerprint density at radius 3 is 1.94 bits per heavy atom. The molecule has 0 atom stereocenters. The van der Waals surface area contributed by atoms with Crippen molar-refractivity contribution in [2.45, 2.75) is 6.92 Å². The summed E-state index contributed by atoms with van der Waals surface area (Å²) < 4.78 is 4.50. The Morgan fingerprint density at radius 1 is 1.31 bits per heavy atom. The molecule has 0 spiro atoms. The first-order chi connectivity index (χ1) is 7.07. The molecule has 0 saturated heterocycles. The summed E-state index contributed by atoms with van der Waals surface area (Å²) in [7, 11) is 0. The second-order valence-corrected chi connectivity index (χ2v) is 3.26. The van der Waals surface area contributed by atoms with Crippen molar-refractivity contribution in [3.05, 3.63) is 34.3 Å². The van der Waals surface area contributed by atoms with Gasteiger partial charge in [-0.3, -0.25) is 0 Å². The van der Waals surface area contributed by atoms with Crippen molar-refractivity contribution in [2.75, 3.05) is 13.2 Å². The van der Waals surface area contributed by atoms with Gasteiger partial charge < -0.3 is 9.84 Å². The van der Waals surface area contributed by atoms with E-state index in [0.717, 1.165) is 0 Å². The number of rotatable bonds is 3. The van der Waals surface area contributed by atoms with Crippen LogP contribution in [-0.4, -0.2) is 53.8 Å². The second kappa shape index (κ2) is 11.7. The summed E-state index contributed by atoms with van der Waals surface area (Å²) in [5.74, 6) is -0.915. The van der Waals surface area contributed by atoms with Crippen molar-refractivity contribution in [3.63, 3.8) is 0 Å². The van der Waals surface area contributed by atoms with Gasteiger partial charge >= 0.3 is 35.5 Å². The summed E-state index contributed by atoms with van der Waals surface area (Å²) in [6.07, 6.45) is 0. The van der Waals surface area contributed by atoms with Crippen LogP contribution >= 0.6 is 23.2 Å². The molecule has 0 bridgehead atoms. The van der Waals surface area contributed by atoms with Crippen molar-refractivity contribution in [2.24, 2.45) is 0 Å². The maximum absolute atomic E-state index is 9.63. The zero-order valence-electron chi connectivity index (χ0n) is 8.24. The molecule has 16 heavy (non-hydrogen) atoms. The Labute approximate surface area is 127 Å². The molecular weight excluding hydrogens is 262 g/mol. The average molecular weight is 275 g/mol. The Balaban J connectivity index is 0. The first kappa shape index (κ1) is 18.6. The van der Waals surface area contributed by atoms with E-state index >= 15 is 0 Å². The van der Waals surface area contributed by atoms with Crippen LogP contribution in [0, 0.1) is 0 Å². The number of carboxylic acid groups (broad SMARTS) is 1. The Kier molecular flexibility index (Phi) is 13.6. The van der Waals surface area contributed by atoms with Gasteiger partial charge in [-0.1, -0.05) is 35.3 Å². The number of halogens is 2. The van der Waals surface area contributed by atoms with Gasteiger partial charge in [0.1, 0.15) is 6.61 Å². The molecule has 6 heteroatoms. The third kappa shape index (κ3) is 10.7. The molecule has 1 rings (SSSR count). The fraction of sp³-hybridized carbons (Fsp3) is 0.300.